The maximum atomic E-state index is 11.1. The predicted octanol–water partition coefficient (Wildman–Crippen LogP) is 0.610. The summed E-state index contributed by atoms with van der Waals surface area (Å²) in [7, 11) is 0. The average Bonchev–Trinajstić information content (AvgIpc) is 2.02. The Bertz CT molecular complexity index is 258. The van der Waals surface area contributed by atoms with Crippen molar-refractivity contribution in [3.8, 4) is 0 Å². The number of hydrogen-bond acceptors (Lipinski definition) is 5. The van der Waals surface area contributed by atoms with E-state index in [9.17, 15) is 9.59 Å². The van der Waals surface area contributed by atoms with Crippen LogP contribution >= 0.6 is 0 Å². The molecule has 2 N–H and O–H groups in total. The maximum absolute atomic E-state index is 11.1. The molecule has 0 unspecified atom stereocenters. The van der Waals surface area contributed by atoms with E-state index in [-0.39, 0.29) is 0 Å². The Morgan fingerprint density at radius 3 is 2.29 bits per heavy atom. The van der Waals surface area contributed by atoms with Crippen LogP contribution in [0.4, 0.5) is 0 Å². The molecule has 0 aliphatic rings. The third kappa shape index (κ3) is 3.44. The number of nitrogens with one attached hydrogen (secondary N) is 1. The third-order valence-electron chi connectivity index (χ3n) is 1.38. The predicted molar refractivity (Wildman–Crippen MR) is 46.5 cm³/mol. The van der Waals surface area contributed by atoms with Gasteiger partial charge in [-0.2, -0.15) is 0 Å². The summed E-state index contributed by atoms with van der Waals surface area (Å²) in [5, 5.41) is 8.63. The van der Waals surface area contributed by atoms with Gasteiger partial charge in [0.15, 0.2) is 5.41 Å². The molecule has 0 aliphatic heterocycles. The van der Waals surface area contributed by atoms with Gasteiger partial charge in [0.2, 0.25) is 0 Å². The SMILES string of the molecule is C=C(C)NOOC(=O)C(C)(C)C(=O)O. The summed E-state index contributed by atoms with van der Waals surface area (Å²) in [5.74, 6) is -2.29. The summed E-state index contributed by atoms with van der Waals surface area (Å²) in [6.07, 6.45) is 0. The van der Waals surface area contributed by atoms with Crippen molar-refractivity contribution in [2.75, 3.05) is 0 Å². The lowest BCUT2D eigenvalue weighted by Gasteiger charge is -2.15. The lowest BCUT2D eigenvalue weighted by molar-refractivity contribution is -0.307. The fourth-order valence-electron chi connectivity index (χ4n) is 0.321. The van der Waals surface area contributed by atoms with Gasteiger partial charge in [-0.25, -0.2) is 10.3 Å². The number of carbonyl (C=O) groups excluding carboxylic acids is 1. The minimum atomic E-state index is -1.64. The van der Waals surface area contributed by atoms with Crippen molar-refractivity contribution in [3.05, 3.63) is 12.3 Å². The Morgan fingerprint density at radius 1 is 1.43 bits per heavy atom. The van der Waals surface area contributed by atoms with Crippen LogP contribution in [0.2, 0.25) is 0 Å². The van der Waals surface area contributed by atoms with Gasteiger partial charge < -0.3 is 5.11 Å². The summed E-state index contributed by atoms with van der Waals surface area (Å²) >= 11 is 0. The quantitative estimate of drug-likeness (QED) is 0.387. The molecule has 14 heavy (non-hydrogen) atoms. The minimum Gasteiger partial charge on any atom is -0.480 e. The first-order valence-electron chi connectivity index (χ1n) is 3.81. The number of allylic oxidation sites excluding steroid dienone is 1. The molecule has 0 atom stereocenters. The van der Waals surface area contributed by atoms with Crippen molar-refractivity contribution >= 4 is 11.9 Å². The molecule has 0 aromatic heterocycles. The van der Waals surface area contributed by atoms with Crippen LogP contribution in [0.15, 0.2) is 12.3 Å². The highest BCUT2D eigenvalue weighted by Gasteiger charge is 2.39. The molecule has 0 aromatic rings. The molecule has 0 fully saturated rings. The van der Waals surface area contributed by atoms with Crippen LogP contribution in [-0.4, -0.2) is 17.0 Å². The molecular formula is C8H13NO5. The standard InChI is InChI=1S/C8H13NO5/c1-5(2)9-14-13-7(12)8(3,4)6(10)11/h9H,1H2,2-4H3,(H,10,11). The van der Waals surface area contributed by atoms with E-state index in [0.29, 0.717) is 5.70 Å². The van der Waals surface area contributed by atoms with Gasteiger partial charge in [-0.3, -0.25) is 9.68 Å². The van der Waals surface area contributed by atoms with Crippen LogP contribution in [0.25, 0.3) is 0 Å². The zero-order valence-electron chi connectivity index (χ0n) is 8.29. The van der Waals surface area contributed by atoms with Crippen LogP contribution in [-0.2, 0) is 19.5 Å². The number of carboxylic acid groups (broad SMARTS) is 1. The zero-order chi connectivity index (χ0) is 11.4. The molecule has 0 rings (SSSR count). The molecule has 0 amide bonds. The fraction of sp³-hybridized carbons (Fsp3) is 0.500. The van der Waals surface area contributed by atoms with E-state index in [1.807, 2.05) is 0 Å². The molecule has 6 heteroatoms. The number of aliphatic carboxylic acids is 1. The molecule has 6 nitrogen and oxygen atoms in total. The van der Waals surface area contributed by atoms with E-state index in [4.69, 9.17) is 5.11 Å². The molecule has 0 heterocycles. The molecular weight excluding hydrogens is 190 g/mol. The zero-order valence-corrected chi connectivity index (χ0v) is 8.29. The summed E-state index contributed by atoms with van der Waals surface area (Å²) in [4.78, 5) is 30.1. The molecule has 0 spiro atoms. The first-order valence-corrected chi connectivity index (χ1v) is 3.81. The van der Waals surface area contributed by atoms with Gasteiger partial charge in [0.05, 0.1) is 0 Å². The molecule has 0 aliphatic carbocycles. The van der Waals surface area contributed by atoms with Crippen molar-refractivity contribution in [3.63, 3.8) is 0 Å². The van der Waals surface area contributed by atoms with E-state index in [2.05, 4.69) is 21.9 Å². The van der Waals surface area contributed by atoms with E-state index < -0.39 is 17.4 Å². The highest BCUT2D eigenvalue weighted by molar-refractivity contribution is 5.97. The Hall–Kier alpha value is -1.56. The van der Waals surface area contributed by atoms with E-state index in [0.717, 1.165) is 0 Å². The second-order valence-corrected chi connectivity index (χ2v) is 3.27. The van der Waals surface area contributed by atoms with Gasteiger partial charge in [-0.05, 0) is 20.8 Å². The Labute approximate surface area is 81.4 Å². The monoisotopic (exact) mass is 203 g/mol. The fourth-order valence-corrected chi connectivity index (χ4v) is 0.321. The number of hydrogen-bond donors (Lipinski definition) is 2. The van der Waals surface area contributed by atoms with Crippen LogP contribution < -0.4 is 5.48 Å². The second kappa shape index (κ2) is 4.61. The van der Waals surface area contributed by atoms with Crippen LogP contribution in [0.3, 0.4) is 0 Å². The van der Waals surface area contributed by atoms with Gasteiger partial charge in [-0.15, -0.1) is 0 Å². The first kappa shape index (κ1) is 12.4. The van der Waals surface area contributed by atoms with Crippen molar-refractivity contribution in [2.45, 2.75) is 20.8 Å². The molecule has 0 saturated carbocycles. The van der Waals surface area contributed by atoms with Crippen molar-refractivity contribution in [1.29, 1.82) is 0 Å². The first-order chi connectivity index (χ1) is 6.28. The van der Waals surface area contributed by atoms with E-state index in [1.165, 1.54) is 13.8 Å². The highest BCUT2D eigenvalue weighted by Crippen LogP contribution is 2.17. The minimum absolute atomic E-state index is 0.422. The van der Waals surface area contributed by atoms with Crippen LogP contribution in [0.5, 0.6) is 0 Å². The number of carbonyl (C=O) groups is 2. The van der Waals surface area contributed by atoms with Crippen LogP contribution in [0.1, 0.15) is 20.8 Å². The summed E-state index contributed by atoms with van der Waals surface area (Å²) < 4.78 is 0. The average molecular weight is 203 g/mol. The number of hydroxylamine groups is 1. The normalized spacial score (nSPS) is 10.5. The van der Waals surface area contributed by atoms with E-state index >= 15 is 0 Å². The Kier molecular flexibility index (Phi) is 4.10. The summed E-state index contributed by atoms with van der Waals surface area (Å²) in [6, 6.07) is 0. The lowest BCUT2D eigenvalue weighted by atomic mass is 9.94. The van der Waals surface area contributed by atoms with E-state index in [1.54, 1.807) is 6.92 Å². The van der Waals surface area contributed by atoms with Gasteiger partial charge in [0.1, 0.15) is 0 Å². The maximum Gasteiger partial charge on any atom is 0.361 e. The smallest absolute Gasteiger partial charge is 0.361 e. The Balaban J connectivity index is 4.09. The lowest BCUT2D eigenvalue weighted by Crippen LogP contribution is -2.35. The number of carboxylic acids is 1. The van der Waals surface area contributed by atoms with Crippen molar-refractivity contribution in [2.24, 2.45) is 5.41 Å². The molecule has 0 saturated heterocycles. The van der Waals surface area contributed by atoms with Gasteiger partial charge in [0.25, 0.3) is 0 Å². The van der Waals surface area contributed by atoms with Gasteiger partial charge >= 0.3 is 11.9 Å². The topological polar surface area (TPSA) is 84.9 Å². The largest absolute Gasteiger partial charge is 0.480 e. The number of rotatable bonds is 5. The molecule has 0 bridgehead atoms. The molecule has 80 valence electrons. The highest BCUT2D eigenvalue weighted by atomic mass is 17.3. The van der Waals surface area contributed by atoms with Crippen molar-refractivity contribution in [1.82, 2.24) is 5.48 Å². The molecule has 0 radical (unpaired) electrons. The summed E-state index contributed by atoms with van der Waals surface area (Å²) in [6.45, 7) is 7.41. The Morgan fingerprint density at radius 2 is 1.93 bits per heavy atom. The van der Waals surface area contributed by atoms with Crippen LogP contribution in [0, 0.1) is 5.41 Å². The second-order valence-electron chi connectivity index (χ2n) is 3.27. The third-order valence-corrected chi connectivity index (χ3v) is 1.38. The van der Waals surface area contributed by atoms with Gasteiger partial charge in [0, 0.05) is 5.70 Å². The van der Waals surface area contributed by atoms with Gasteiger partial charge in [-0.1, -0.05) is 11.6 Å². The molecule has 0 aromatic carbocycles. The summed E-state index contributed by atoms with van der Waals surface area (Å²) in [5.41, 5.74) is 0.937. The van der Waals surface area contributed by atoms with Crippen molar-refractivity contribution < 1.29 is 24.6 Å².